The number of aromatic nitrogens is 1. The average Bonchev–Trinajstić information content (AvgIpc) is 2.17. The van der Waals surface area contributed by atoms with Crippen LogP contribution in [0.4, 0.5) is 22.0 Å². The van der Waals surface area contributed by atoms with Crippen molar-refractivity contribution in [2.24, 2.45) is 0 Å². The third-order valence-electron chi connectivity index (χ3n) is 1.67. The fourth-order valence-electron chi connectivity index (χ4n) is 1.05. The maximum atomic E-state index is 12.6. The van der Waals surface area contributed by atoms with E-state index in [2.05, 4.69) is 25.7 Å². The number of carboxylic acids is 1. The third kappa shape index (κ3) is 3.28. The fourth-order valence-corrected chi connectivity index (χ4v) is 1.60. The Morgan fingerprint density at radius 3 is 2.39 bits per heavy atom. The van der Waals surface area contributed by atoms with Gasteiger partial charge in [-0.25, -0.2) is 18.6 Å². The molecule has 0 aliphatic carbocycles. The Morgan fingerprint density at radius 1 is 1.44 bits per heavy atom. The van der Waals surface area contributed by atoms with E-state index >= 15 is 0 Å². The van der Waals surface area contributed by atoms with E-state index in [-0.39, 0.29) is 0 Å². The summed E-state index contributed by atoms with van der Waals surface area (Å²) >= 11 is 2.45. The van der Waals surface area contributed by atoms with Gasteiger partial charge in [0.25, 0.3) is 6.43 Å². The molecule has 0 aliphatic heterocycles. The van der Waals surface area contributed by atoms with Crippen molar-refractivity contribution in [3.63, 3.8) is 0 Å². The molecule has 0 aromatic carbocycles. The molecule has 0 fully saturated rings. The topological polar surface area (TPSA) is 59.4 Å². The van der Waals surface area contributed by atoms with Crippen LogP contribution in [0.25, 0.3) is 0 Å². The summed E-state index contributed by atoms with van der Waals surface area (Å²) in [5.74, 6) is -2.83. The number of carboxylic acid groups (broad SMARTS) is 1. The number of halogens is 6. The predicted molar refractivity (Wildman–Crippen MR) is 50.5 cm³/mol. The minimum atomic E-state index is -5.10. The average molecular weight is 336 g/mol. The second-order valence-corrected chi connectivity index (χ2v) is 3.65. The van der Waals surface area contributed by atoms with E-state index in [1.807, 2.05) is 0 Å². The van der Waals surface area contributed by atoms with Crippen LogP contribution in [0.15, 0.2) is 10.7 Å². The standard InChI is InChI=1S/C8H3BrF5NO3/c9-4-2(18-8(12,13)14)1-15-5(7(16)17)3(4)6(10)11/h1,6H,(H,16,17). The number of aromatic carboxylic acids is 1. The van der Waals surface area contributed by atoms with Crippen LogP contribution in [0.1, 0.15) is 22.5 Å². The Morgan fingerprint density at radius 2 is 2.00 bits per heavy atom. The van der Waals surface area contributed by atoms with Gasteiger partial charge < -0.3 is 9.84 Å². The summed E-state index contributed by atoms with van der Waals surface area (Å²) < 4.78 is 63.6. The second kappa shape index (κ2) is 5.04. The molecule has 18 heavy (non-hydrogen) atoms. The van der Waals surface area contributed by atoms with Crippen molar-refractivity contribution in [1.29, 1.82) is 0 Å². The van der Waals surface area contributed by atoms with Crippen LogP contribution in [0.3, 0.4) is 0 Å². The van der Waals surface area contributed by atoms with Crippen LogP contribution in [0.5, 0.6) is 5.75 Å². The quantitative estimate of drug-likeness (QED) is 0.860. The molecule has 100 valence electrons. The van der Waals surface area contributed by atoms with Gasteiger partial charge in [0.15, 0.2) is 11.4 Å². The lowest BCUT2D eigenvalue weighted by molar-refractivity contribution is -0.275. The summed E-state index contributed by atoms with van der Waals surface area (Å²) in [5, 5.41) is 8.58. The fraction of sp³-hybridized carbons (Fsp3) is 0.250. The molecule has 4 nitrogen and oxygen atoms in total. The molecule has 0 saturated carbocycles. The zero-order valence-corrected chi connectivity index (χ0v) is 9.72. The Kier molecular flexibility index (Phi) is 4.09. The smallest absolute Gasteiger partial charge is 0.476 e. The van der Waals surface area contributed by atoms with E-state index in [1.165, 1.54) is 0 Å². The number of alkyl halides is 5. The van der Waals surface area contributed by atoms with Gasteiger partial charge in [-0.2, -0.15) is 0 Å². The lowest BCUT2D eigenvalue weighted by atomic mass is 10.2. The first-order chi connectivity index (χ1) is 8.13. The Hall–Kier alpha value is -1.45. The maximum absolute atomic E-state index is 12.6. The Balaban J connectivity index is 3.35. The first kappa shape index (κ1) is 14.6. The molecule has 0 aliphatic rings. The van der Waals surface area contributed by atoms with E-state index in [1.54, 1.807) is 0 Å². The predicted octanol–water partition coefficient (Wildman–Crippen LogP) is 3.38. The van der Waals surface area contributed by atoms with E-state index in [4.69, 9.17) is 5.11 Å². The largest absolute Gasteiger partial charge is 0.573 e. The molecule has 1 rings (SSSR count). The molecule has 0 saturated heterocycles. The molecule has 0 amide bonds. The minimum absolute atomic E-state index is 0.396. The van der Waals surface area contributed by atoms with Crippen LogP contribution in [0, 0.1) is 0 Å². The van der Waals surface area contributed by atoms with Crippen molar-refractivity contribution < 1.29 is 36.6 Å². The van der Waals surface area contributed by atoms with Gasteiger partial charge >= 0.3 is 12.3 Å². The molecule has 0 radical (unpaired) electrons. The summed E-state index contributed by atoms with van der Waals surface area (Å²) in [4.78, 5) is 13.6. The first-order valence-electron chi connectivity index (χ1n) is 4.09. The summed E-state index contributed by atoms with van der Waals surface area (Å²) in [7, 11) is 0. The lowest BCUT2D eigenvalue weighted by Gasteiger charge is -2.13. The molecule has 0 spiro atoms. The number of rotatable bonds is 3. The van der Waals surface area contributed by atoms with Gasteiger partial charge in [-0.15, -0.1) is 13.2 Å². The summed E-state index contributed by atoms with van der Waals surface area (Å²) in [5.41, 5.74) is -2.23. The Labute approximate surface area is 105 Å². The number of pyridine rings is 1. The zero-order valence-electron chi connectivity index (χ0n) is 8.13. The van der Waals surface area contributed by atoms with E-state index in [9.17, 15) is 26.7 Å². The molecule has 0 unspecified atom stereocenters. The SMILES string of the molecule is O=C(O)c1ncc(OC(F)(F)F)c(Br)c1C(F)F. The van der Waals surface area contributed by atoms with Crippen molar-refractivity contribution in [1.82, 2.24) is 4.98 Å². The van der Waals surface area contributed by atoms with Crippen LogP contribution in [0.2, 0.25) is 0 Å². The van der Waals surface area contributed by atoms with Gasteiger partial charge in [-0.1, -0.05) is 0 Å². The molecular weight excluding hydrogens is 333 g/mol. The van der Waals surface area contributed by atoms with Crippen molar-refractivity contribution in [3.8, 4) is 5.75 Å². The van der Waals surface area contributed by atoms with Crippen LogP contribution >= 0.6 is 15.9 Å². The number of nitrogens with zero attached hydrogens (tertiary/aromatic N) is 1. The zero-order chi connectivity index (χ0) is 14.1. The van der Waals surface area contributed by atoms with Crippen LogP contribution in [-0.2, 0) is 0 Å². The molecule has 0 bridgehead atoms. The molecule has 1 aromatic heterocycles. The highest BCUT2D eigenvalue weighted by molar-refractivity contribution is 9.10. The lowest BCUT2D eigenvalue weighted by Crippen LogP contribution is -2.19. The van der Waals surface area contributed by atoms with Crippen molar-refractivity contribution in [3.05, 3.63) is 21.9 Å². The summed E-state index contributed by atoms with van der Waals surface area (Å²) in [6.45, 7) is 0. The van der Waals surface area contributed by atoms with E-state index in [0.29, 0.717) is 6.20 Å². The highest BCUT2D eigenvalue weighted by Crippen LogP contribution is 2.38. The van der Waals surface area contributed by atoms with Crippen LogP contribution < -0.4 is 4.74 Å². The maximum Gasteiger partial charge on any atom is 0.573 e. The molecule has 1 N–H and O–H groups in total. The van der Waals surface area contributed by atoms with Crippen molar-refractivity contribution in [2.75, 3.05) is 0 Å². The molecule has 1 heterocycles. The molecular formula is C8H3BrF5NO3. The third-order valence-corrected chi connectivity index (χ3v) is 2.48. The van der Waals surface area contributed by atoms with Gasteiger partial charge in [0, 0.05) is 0 Å². The summed E-state index contributed by atoms with van der Waals surface area (Å²) in [6.07, 6.45) is -8.03. The molecule has 10 heteroatoms. The van der Waals surface area contributed by atoms with Crippen LogP contribution in [-0.4, -0.2) is 22.4 Å². The number of ether oxygens (including phenoxy) is 1. The van der Waals surface area contributed by atoms with E-state index < -0.39 is 40.2 Å². The highest BCUT2D eigenvalue weighted by atomic mass is 79.9. The summed E-state index contributed by atoms with van der Waals surface area (Å²) in [6, 6.07) is 0. The van der Waals surface area contributed by atoms with E-state index in [0.717, 1.165) is 0 Å². The van der Waals surface area contributed by atoms with Gasteiger partial charge in [0.2, 0.25) is 0 Å². The first-order valence-corrected chi connectivity index (χ1v) is 4.88. The second-order valence-electron chi connectivity index (χ2n) is 2.85. The van der Waals surface area contributed by atoms with Gasteiger partial charge in [-0.05, 0) is 15.9 Å². The highest BCUT2D eigenvalue weighted by Gasteiger charge is 2.34. The number of hydrogen-bond acceptors (Lipinski definition) is 3. The van der Waals surface area contributed by atoms with Crippen molar-refractivity contribution in [2.45, 2.75) is 12.8 Å². The minimum Gasteiger partial charge on any atom is -0.476 e. The van der Waals surface area contributed by atoms with Gasteiger partial charge in [0.1, 0.15) is 0 Å². The molecule has 1 aromatic rings. The number of carbonyl (C=O) groups is 1. The molecule has 0 atom stereocenters. The Bertz CT molecular complexity index is 477. The number of hydrogen-bond donors (Lipinski definition) is 1. The normalized spacial score (nSPS) is 11.7. The monoisotopic (exact) mass is 335 g/mol. The van der Waals surface area contributed by atoms with Gasteiger partial charge in [-0.3, -0.25) is 0 Å². The van der Waals surface area contributed by atoms with Crippen molar-refractivity contribution >= 4 is 21.9 Å². The van der Waals surface area contributed by atoms with Gasteiger partial charge in [0.05, 0.1) is 16.2 Å².